The highest BCUT2D eigenvalue weighted by molar-refractivity contribution is 5.54. The van der Waals surface area contributed by atoms with Gasteiger partial charge in [0.05, 0.1) is 0 Å². The number of nitrogens with one attached hydrogen (secondary N) is 1. The lowest BCUT2D eigenvalue weighted by Gasteiger charge is -2.34. The lowest BCUT2D eigenvalue weighted by Crippen LogP contribution is -2.44. The van der Waals surface area contributed by atoms with Crippen molar-refractivity contribution in [2.24, 2.45) is 0 Å². The molecule has 0 spiro atoms. The van der Waals surface area contributed by atoms with Crippen LogP contribution in [0.4, 0.5) is 5.69 Å². The first-order valence-electron chi connectivity index (χ1n) is 8.41. The maximum absolute atomic E-state index is 3.29. The van der Waals surface area contributed by atoms with Crippen molar-refractivity contribution in [3.63, 3.8) is 0 Å². The van der Waals surface area contributed by atoms with Crippen LogP contribution in [0.5, 0.6) is 0 Å². The summed E-state index contributed by atoms with van der Waals surface area (Å²) >= 11 is 0. The molecule has 0 saturated carbocycles. The standard InChI is InChI=1S/C18H29N3/c1-14-12-15(6-7-19-2)17-5-4-16(13-18(14)17)21-10-8-20(3)9-11-21/h4-5,13-15,19H,6-12H2,1-3H3/t14-,15-/m1/s1. The van der Waals surface area contributed by atoms with Crippen LogP contribution < -0.4 is 10.2 Å². The highest BCUT2D eigenvalue weighted by Gasteiger charge is 2.28. The first-order valence-corrected chi connectivity index (χ1v) is 8.41. The van der Waals surface area contributed by atoms with Gasteiger partial charge in [-0.15, -0.1) is 0 Å². The van der Waals surface area contributed by atoms with Gasteiger partial charge in [-0.05, 0) is 68.6 Å². The molecule has 116 valence electrons. The molecule has 0 unspecified atom stereocenters. The van der Waals surface area contributed by atoms with Crippen molar-refractivity contribution in [1.29, 1.82) is 0 Å². The molecule has 3 heteroatoms. The molecule has 1 N–H and O–H groups in total. The Morgan fingerprint density at radius 3 is 2.62 bits per heavy atom. The number of fused-ring (bicyclic) bond motifs is 1. The Morgan fingerprint density at radius 1 is 1.14 bits per heavy atom. The van der Waals surface area contributed by atoms with Crippen LogP contribution in [0.25, 0.3) is 0 Å². The molecular formula is C18H29N3. The van der Waals surface area contributed by atoms with E-state index >= 15 is 0 Å². The predicted molar refractivity (Wildman–Crippen MR) is 90.5 cm³/mol. The summed E-state index contributed by atoms with van der Waals surface area (Å²) in [7, 11) is 4.27. The predicted octanol–water partition coefficient (Wildman–Crippen LogP) is 2.64. The average molecular weight is 287 g/mol. The van der Waals surface area contributed by atoms with Crippen LogP contribution in [0.2, 0.25) is 0 Å². The van der Waals surface area contributed by atoms with Crippen LogP contribution in [-0.4, -0.2) is 51.7 Å². The van der Waals surface area contributed by atoms with Gasteiger partial charge in [0, 0.05) is 31.9 Å². The number of likely N-dealkylation sites (N-methyl/N-ethyl adjacent to an activating group) is 1. The van der Waals surface area contributed by atoms with Crippen LogP contribution in [0.1, 0.15) is 42.7 Å². The van der Waals surface area contributed by atoms with Gasteiger partial charge in [-0.3, -0.25) is 0 Å². The molecule has 1 aromatic carbocycles. The smallest absolute Gasteiger partial charge is 0.0370 e. The van der Waals surface area contributed by atoms with Crippen LogP contribution >= 0.6 is 0 Å². The van der Waals surface area contributed by atoms with E-state index in [1.54, 1.807) is 11.1 Å². The topological polar surface area (TPSA) is 18.5 Å². The van der Waals surface area contributed by atoms with E-state index in [-0.39, 0.29) is 0 Å². The molecule has 3 rings (SSSR count). The molecular weight excluding hydrogens is 258 g/mol. The lowest BCUT2D eigenvalue weighted by molar-refractivity contribution is 0.313. The summed E-state index contributed by atoms with van der Waals surface area (Å²) in [6.45, 7) is 8.19. The second kappa shape index (κ2) is 6.37. The van der Waals surface area contributed by atoms with E-state index in [1.165, 1.54) is 31.6 Å². The number of hydrogen-bond acceptors (Lipinski definition) is 3. The SMILES string of the molecule is CNCC[C@@H]1C[C@@H](C)c2cc(N3CCN(C)CC3)ccc21. The molecule has 1 aliphatic heterocycles. The summed E-state index contributed by atoms with van der Waals surface area (Å²) in [5.74, 6) is 1.47. The molecule has 0 bridgehead atoms. The molecule has 1 aromatic rings. The van der Waals surface area contributed by atoms with Crippen LogP contribution in [0.3, 0.4) is 0 Å². The molecule has 1 saturated heterocycles. The van der Waals surface area contributed by atoms with E-state index < -0.39 is 0 Å². The third kappa shape index (κ3) is 3.09. The van der Waals surface area contributed by atoms with Crippen LogP contribution in [0, 0.1) is 0 Å². The van der Waals surface area contributed by atoms with Crippen LogP contribution in [-0.2, 0) is 0 Å². The quantitative estimate of drug-likeness (QED) is 0.918. The van der Waals surface area contributed by atoms with Gasteiger partial charge in [0.15, 0.2) is 0 Å². The molecule has 1 heterocycles. The normalized spacial score (nSPS) is 26.1. The highest BCUT2D eigenvalue weighted by Crippen LogP contribution is 2.44. The Labute approximate surface area is 129 Å². The second-order valence-corrected chi connectivity index (χ2v) is 6.83. The van der Waals surface area contributed by atoms with Crippen molar-refractivity contribution in [2.75, 3.05) is 51.7 Å². The Morgan fingerprint density at radius 2 is 1.90 bits per heavy atom. The number of nitrogens with zero attached hydrogens (tertiary/aromatic N) is 2. The Bertz CT molecular complexity index is 477. The number of rotatable bonds is 4. The van der Waals surface area contributed by atoms with E-state index in [0.717, 1.165) is 25.6 Å². The van der Waals surface area contributed by atoms with Gasteiger partial charge < -0.3 is 15.1 Å². The zero-order valence-electron chi connectivity index (χ0n) is 13.7. The molecule has 0 aromatic heterocycles. The summed E-state index contributed by atoms with van der Waals surface area (Å²) in [6.07, 6.45) is 2.59. The van der Waals surface area contributed by atoms with Gasteiger partial charge in [0.25, 0.3) is 0 Å². The van der Waals surface area contributed by atoms with Gasteiger partial charge in [0.1, 0.15) is 0 Å². The third-order valence-electron chi connectivity index (χ3n) is 5.29. The molecule has 3 nitrogen and oxygen atoms in total. The lowest BCUT2D eigenvalue weighted by atomic mass is 9.97. The van der Waals surface area contributed by atoms with Crippen LogP contribution in [0.15, 0.2) is 18.2 Å². The summed E-state index contributed by atoms with van der Waals surface area (Å²) in [5, 5.41) is 3.29. The Kier molecular flexibility index (Phi) is 4.51. The minimum Gasteiger partial charge on any atom is -0.369 e. The fourth-order valence-electron chi connectivity index (χ4n) is 3.89. The zero-order chi connectivity index (χ0) is 14.8. The first kappa shape index (κ1) is 14.9. The van der Waals surface area contributed by atoms with Crippen molar-refractivity contribution >= 4 is 5.69 Å². The maximum atomic E-state index is 3.29. The van der Waals surface area contributed by atoms with Gasteiger partial charge in [-0.2, -0.15) is 0 Å². The van der Waals surface area contributed by atoms with Crippen molar-refractivity contribution in [3.8, 4) is 0 Å². The Balaban J connectivity index is 1.77. The fourth-order valence-corrected chi connectivity index (χ4v) is 3.89. The fraction of sp³-hybridized carbons (Fsp3) is 0.667. The summed E-state index contributed by atoms with van der Waals surface area (Å²) in [5.41, 5.74) is 4.64. The van der Waals surface area contributed by atoms with E-state index in [9.17, 15) is 0 Å². The molecule has 2 atom stereocenters. The van der Waals surface area contributed by atoms with Gasteiger partial charge >= 0.3 is 0 Å². The average Bonchev–Trinajstić information content (AvgIpc) is 2.82. The largest absolute Gasteiger partial charge is 0.369 e. The summed E-state index contributed by atoms with van der Waals surface area (Å²) in [6, 6.07) is 7.24. The zero-order valence-corrected chi connectivity index (χ0v) is 13.7. The number of hydrogen-bond donors (Lipinski definition) is 1. The molecule has 21 heavy (non-hydrogen) atoms. The second-order valence-electron chi connectivity index (χ2n) is 6.83. The number of benzene rings is 1. The van der Waals surface area contributed by atoms with E-state index in [4.69, 9.17) is 0 Å². The molecule has 0 radical (unpaired) electrons. The minimum atomic E-state index is 0.717. The number of anilines is 1. The molecule has 1 fully saturated rings. The third-order valence-corrected chi connectivity index (χ3v) is 5.29. The first-order chi connectivity index (χ1) is 10.2. The molecule has 0 amide bonds. The summed E-state index contributed by atoms with van der Waals surface area (Å²) < 4.78 is 0. The van der Waals surface area contributed by atoms with Crippen molar-refractivity contribution in [2.45, 2.75) is 31.6 Å². The minimum absolute atomic E-state index is 0.717. The molecule has 2 aliphatic rings. The van der Waals surface area contributed by atoms with Crippen molar-refractivity contribution in [1.82, 2.24) is 10.2 Å². The maximum Gasteiger partial charge on any atom is 0.0370 e. The van der Waals surface area contributed by atoms with Gasteiger partial charge in [-0.25, -0.2) is 0 Å². The van der Waals surface area contributed by atoms with Crippen molar-refractivity contribution < 1.29 is 0 Å². The van der Waals surface area contributed by atoms with E-state index in [1.807, 2.05) is 0 Å². The highest BCUT2D eigenvalue weighted by atomic mass is 15.2. The number of piperazine rings is 1. The molecule has 1 aliphatic carbocycles. The van der Waals surface area contributed by atoms with Gasteiger partial charge in [0.2, 0.25) is 0 Å². The summed E-state index contributed by atoms with van der Waals surface area (Å²) in [4.78, 5) is 4.97. The monoisotopic (exact) mass is 287 g/mol. The van der Waals surface area contributed by atoms with E-state index in [2.05, 4.69) is 54.3 Å². The van der Waals surface area contributed by atoms with E-state index in [0.29, 0.717) is 5.92 Å². The van der Waals surface area contributed by atoms with Gasteiger partial charge in [-0.1, -0.05) is 13.0 Å². The Hall–Kier alpha value is -1.06. The van der Waals surface area contributed by atoms with Crippen molar-refractivity contribution in [3.05, 3.63) is 29.3 Å².